The number of carbonyl (C=O) groups excluding carboxylic acids is 1. The number of piperidine rings is 1. The highest BCUT2D eigenvalue weighted by molar-refractivity contribution is 5.92. The first-order chi connectivity index (χ1) is 13.0. The van der Waals surface area contributed by atoms with Crippen LogP contribution in [0.4, 0.5) is 20.2 Å². The first-order valence-corrected chi connectivity index (χ1v) is 9.18. The van der Waals surface area contributed by atoms with E-state index in [2.05, 4.69) is 21.9 Å². The van der Waals surface area contributed by atoms with Crippen LogP contribution in [-0.4, -0.2) is 25.6 Å². The van der Waals surface area contributed by atoms with E-state index in [4.69, 9.17) is 0 Å². The zero-order valence-electron chi connectivity index (χ0n) is 15.3. The van der Waals surface area contributed by atoms with Crippen molar-refractivity contribution in [1.82, 2.24) is 0 Å². The molecule has 1 amide bonds. The van der Waals surface area contributed by atoms with Crippen LogP contribution in [0.2, 0.25) is 0 Å². The molecule has 1 aliphatic heterocycles. The number of nitrogens with one attached hydrogen (secondary N) is 1. The first kappa shape index (κ1) is 19.1. The molecule has 144 valence electrons. The quantitative estimate of drug-likeness (QED) is 0.796. The molecule has 1 saturated heterocycles. The van der Waals surface area contributed by atoms with Crippen LogP contribution < -0.4 is 15.0 Å². The Kier molecular flexibility index (Phi) is 6.27. The van der Waals surface area contributed by atoms with Gasteiger partial charge in [-0.05, 0) is 60.7 Å². The number of alkyl halides is 2. The first-order valence-electron chi connectivity index (χ1n) is 9.18. The van der Waals surface area contributed by atoms with Gasteiger partial charge in [0.05, 0.1) is 6.42 Å². The molecule has 4 nitrogen and oxygen atoms in total. The lowest BCUT2D eigenvalue weighted by Gasteiger charge is -2.32. The summed E-state index contributed by atoms with van der Waals surface area (Å²) in [5.74, 6) is 0.713. The third-order valence-electron chi connectivity index (χ3n) is 4.81. The van der Waals surface area contributed by atoms with Crippen LogP contribution in [-0.2, 0) is 11.2 Å². The number of halogens is 2. The molecular formula is C21H24F2N2O2. The second-order valence-electron chi connectivity index (χ2n) is 6.96. The van der Waals surface area contributed by atoms with Gasteiger partial charge in [0.2, 0.25) is 5.91 Å². The topological polar surface area (TPSA) is 41.6 Å². The summed E-state index contributed by atoms with van der Waals surface area (Å²) < 4.78 is 28.6. The van der Waals surface area contributed by atoms with E-state index in [0.717, 1.165) is 30.3 Å². The highest BCUT2D eigenvalue weighted by Gasteiger charge is 2.16. The number of nitrogens with zero attached hydrogens (tertiary/aromatic N) is 1. The van der Waals surface area contributed by atoms with Crippen molar-refractivity contribution < 1.29 is 18.3 Å². The summed E-state index contributed by atoms with van der Waals surface area (Å²) in [4.78, 5) is 14.6. The molecule has 2 aromatic carbocycles. The molecule has 0 radical (unpaired) electrons. The van der Waals surface area contributed by atoms with E-state index in [1.165, 1.54) is 30.7 Å². The maximum absolute atomic E-state index is 12.2. The number of amides is 1. The molecule has 0 aliphatic carbocycles. The van der Waals surface area contributed by atoms with E-state index < -0.39 is 6.61 Å². The molecule has 3 rings (SSSR count). The van der Waals surface area contributed by atoms with Gasteiger partial charge in [-0.2, -0.15) is 8.78 Å². The zero-order chi connectivity index (χ0) is 19.2. The van der Waals surface area contributed by atoms with Crippen molar-refractivity contribution in [2.45, 2.75) is 32.8 Å². The summed E-state index contributed by atoms with van der Waals surface area (Å²) in [5, 5.41) is 2.87. The average molecular weight is 374 g/mol. The molecule has 0 atom stereocenters. The molecular weight excluding hydrogens is 350 g/mol. The van der Waals surface area contributed by atoms with Crippen LogP contribution in [0, 0.1) is 5.92 Å². The fourth-order valence-corrected chi connectivity index (χ4v) is 3.20. The van der Waals surface area contributed by atoms with E-state index in [9.17, 15) is 13.6 Å². The van der Waals surface area contributed by atoms with Gasteiger partial charge in [-0.25, -0.2) is 0 Å². The van der Waals surface area contributed by atoms with E-state index >= 15 is 0 Å². The van der Waals surface area contributed by atoms with Crippen molar-refractivity contribution in [2.24, 2.45) is 5.92 Å². The fourth-order valence-electron chi connectivity index (χ4n) is 3.20. The minimum absolute atomic E-state index is 0.0804. The predicted molar refractivity (Wildman–Crippen MR) is 102 cm³/mol. The Hall–Kier alpha value is -2.63. The largest absolute Gasteiger partial charge is 0.435 e. The summed E-state index contributed by atoms with van der Waals surface area (Å²) in [6.45, 7) is 1.57. The number of hydrogen-bond donors (Lipinski definition) is 1. The van der Waals surface area contributed by atoms with Crippen molar-refractivity contribution in [1.29, 1.82) is 0 Å². The fraction of sp³-hybridized carbons (Fsp3) is 0.381. The van der Waals surface area contributed by atoms with Crippen LogP contribution >= 0.6 is 0 Å². The number of benzene rings is 2. The standard InChI is InChI=1S/C21H24F2N2O2/c1-15-10-12-25(13-11-15)18-6-4-17(5-7-18)24-20(26)14-16-2-8-19(9-3-16)27-21(22)23/h2-9,15,21H,10-14H2,1H3,(H,24,26). The Morgan fingerprint density at radius 1 is 1.11 bits per heavy atom. The summed E-state index contributed by atoms with van der Waals surface area (Å²) >= 11 is 0. The lowest BCUT2D eigenvalue weighted by atomic mass is 9.99. The Labute approximate surface area is 158 Å². The SMILES string of the molecule is CC1CCN(c2ccc(NC(=O)Cc3ccc(OC(F)F)cc3)cc2)CC1. The number of carbonyl (C=O) groups is 1. The highest BCUT2D eigenvalue weighted by Crippen LogP contribution is 2.24. The monoisotopic (exact) mass is 374 g/mol. The van der Waals surface area contributed by atoms with Gasteiger partial charge in [0.15, 0.2) is 0 Å². The lowest BCUT2D eigenvalue weighted by Crippen LogP contribution is -2.32. The van der Waals surface area contributed by atoms with E-state index in [-0.39, 0.29) is 18.1 Å². The van der Waals surface area contributed by atoms with Crippen LogP contribution in [0.1, 0.15) is 25.3 Å². The minimum Gasteiger partial charge on any atom is -0.435 e. The molecule has 1 aliphatic rings. The molecule has 0 aromatic heterocycles. The Bertz CT molecular complexity index is 740. The summed E-state index contributed by atoms with van der Waals surface area (Å²) in [6, 6.07) is 14.0. The van der Waals surface area contributed by atoms with Crippen molar-refractivity contribution in [3.8, 4) is 5.75 Å². The van der Waals surface area contributed by atoms with E-state index in [1.54, 1.807) is 12.1 Å². The molecule has 27 heavy (non-hydrogen) atoms. The van der Waals surface area contributed by atoms with Gasteiger partial charge in [-0.1, -0.05) is 19.1 Å². The van der Waals surface area contributed by atoms with Gasteiger partial charge in [0, 0.05) is 24.5 Å². The van der Waals surface area contributed by atoms with Gasteiger partial charge in [0.1, 0.15) is 5.75 Å². The summed E-state index contributed by atoms with van der Waals surface area (Å²) in [6.07, 6.45) is 2.58. The average Bonchev–Trinajstić information content (AvgIpc) is 2.64. The van der Waals surface area contributed by atoms with Crippen LogP contribution in [0.15, 0.2) is 48.5 Å². The van der Waals surface area contributed by atoms with Crippen molar-refractivity contribution in [3.63, 3.8) is 0 Å². The number of rotatable bonds is 6. The van der Waals surface area contributed by atoms with E-state index in [1.807, 2.05) is 24.3 Å². The maximum Gasteiger partial charge on any atom is 0.387 e. The van der Waals surface area contributed by atoms with Gasteiger partial charge >= 0.3 is 6.61 Å². The van der Waals surface area contributed by atoms with Crippen LogP contribution in [0.25, 0.3) is 0 Å². The molecule has 0 spiro atoms. The normalized spacial score (nSPS) is 15.0. The molecule has 6 heteroatoms. The third-order valence-corrected chi connectivity index (χ3v) is 4.81. The second kappa shape index (κ2) is 8.84. The lowest BCUT2D eigenvalue weighted by molar-refractivity contribution is -0.115. The second-order valence-corrected chi connectivity index (χ2v) is 6.96. The predicted octanol–water partition coefficient (Wildman–Crippen LogP) is 4.71. The van der Waals surface area contributed by atoms with E-state index in [0.29, 0.717) is 0 Å². The number of hydrogen-bond acceptors (Lipinski definition) is 3. The highest BCUT2D eigenvalue weighted by atomic mass is 19.3. The van der Waals surface area contributed by atoms with Crippen LogP contribution in [0.5, 0.6) is 5.75 Å². The molecule has 0 bridgehead atoms. The molecule has 1 fully saturated rings. The Balaban J connectivity index is 1.51. The minimum atomic E-state index is -2.85. The number of ether oxygens (including phenoxy) is 1. The molecule has 0 saturated carbocycles. The molecule has 1 heterocycles. The Morgan fingerprint density at radius 3 is 2.33 bits per heavy atom. The number of anilines is 2. The molecule has 2 aromatic rings. The van der Waals surface area contributed by atoms with Crippen molar-refractivity contribution in [2.75, 3.05) is 23.3 Å². The summed E-state index contributed by atoms with van der Waals surface area (Å²) in [5.41, 5.74) is 2.65. The smallest absolute Gasteiger partial charge is 0.387 e. The summed E-state index contributed by atoms with van der Waals surface area (Å²) in [7, 11) is 0. The van der Waals surface area contributed by atoms with Gasteiger partial charge in [0.25, 0.3) is 0 Å². The van der Waals surface area contributed by atoms with Crippen molar-refractivity contribution in [3.05, 3.63) is 54.1 Å². The third kappa shape index (κ3) is 5.67. The van der Waals surface area contributed by atoms with Crippen molar-refractivity contribution >= 4 is 17.3 Å². The van der Waals surface area contributed by atoms with Crippen LogP contribution in [0.3, 0.4) is 0 Å². The zero-order valence-corrected chi connectivity index (χ0v) is 15.3. The Morgan fingerprint density at radius 2 is 1.74 bits per heavy atom. The molecule has 0 unspecified atom stereocenters. The van der Waals surface area contributed by atoms with Gasteiger partial charge in [-0.3, -0.25) is 4.79 Å². The maximum atomic E-state index is 12.2. The van der Waals surface area contributed by atoms with Gasteiger partial charge < -0.3 is 15.0 Å². The van der Waals surface area contributed by atoms with Gasteiger partial charge in [-0.15, -0.1) is 0 Å². The molecule has 1 N–H and O–H groups in total.